The summed E-state index contributed by atoms with van der Waals surface area (Å²) in [5.41, 5.74) is 2.72. The van der Waals surface area contributed by atoms with Gasteiger partial charge in [-0.25, -0.2) is 9.67 Å². The van der Waals surface area contributed by atoms with Gasteiger partial charge in [-0.15, -0.1) is 0 Å². The van der Waals surface area contributed by atoms with Gasteiger partial charge < -0.3 is 10.6 Å². The molecule has 3 aromatic rings. The molecule has 27 heavy (non-hydrogen) atoms. The van der Waals surface area contributed by atoms with Crippen LogP contribution in [0.1, 0.15) is 30.6 Å². The van der Waals surface area contributed by atoms with Crippen LogP contribution >= 0.6 is 0 Å². The predicted molar refractivity (Wildman–Crippen MR) is 104 cm³/mol. The smallest absolute Gasteiger partial charge is 0.255 e. The number of carbonyl (C=O) groups excluding carboxylic acids is 2. The van der Waals surface area contributed by atoms with Crippen molar-refractivity contribution >= 4 is 23.2 Å². The van der Waals surface area contributed by atoms with Crippen LogP contribution in [0, 0.1) is 5.92 Å². The first-order chi connectivity index (χ1) is 13.0. The van der Waals surface area contributed by atoms with Gasteiger partial charge in [0.25, 0.3) is 5.91 Å². The maximum Gasteiger partial charge on any atom is 0.255 e. The highest BCUT2D eigenvalue weighted by atomic mass is 16.2. The van der Waals surface area contributed by atoms with Crippen molar-refractivity contribution in [2.75, 3.05) is 10.6 Å². The van der Waals surface area contributed by atoms with Gasteiger partial charge in [0, 0.05) is 23.4 Å². The van der Waals surface area contributed by atoms with Crippen molar-refractivity contribution in [3.05, 3.63) is 66.7 Å². The first kappa shape index (κ1) is 18.3. The Morgan fingerprint density at radius 2 is 1.59 bits per heavy atom. The Balaban J connectivity index is 1.60. The summed E-state index contributed by atoms with van der Waals surface area (Å²) < 4.78 is 1.62. The third-order valence-corrected chi connectivity index (χ3v) is 3.83. The number of benzene rings is 2. The maximum atomic E-state index is 12.4. The van der Waals surface area contributed by atoms with E-state index in [-0.39, 0.29) is 11.8 Å². The molecule has 0 atom stereocenters. The Morgan fingerprint density at radius 3 is 2.15 bits per heavy atom. The molecule has 0 saturated carbocycles. The summed E-state index contributed by atoms with van der Waals surface area (Å²) >= 11 is 0. The fraction of sp³-hybridized carbons (Fsp3) is 0.200. The molecule has 0 bridgehead atoms. The third kappa shape index (κ3) is 5.01. The van der Waals surface area contributed by atoms with E-state index >= 15 is 0 Å². The third-order valence-electron chi connectivity index (χ3n) is 3.83. The van der Waals surface area contributed by atoms with Crippen LogP contribution in [0.25, 0.3) is 5.69 Å². The van der Waals surface area contributed by atoms with Crippen molar-refractivity contribution in [1.82, 2.24) is 14.8 Å². The van der Waals surface area contributed by atoms with Crippen molar-refractivity contribution in [2.24, 2.45) is 5.92 Å². The number of aromatic nitrogens is 3. The molecule has 138 valence electrons. The Labute approximate surface area is 157 Å². The van der Waals surface area contributed by atoms with Crippen LogP contribution in [0.5, 0.6) is 0 Å². The molecular weight excluding hydrogens is 342 g/mol. The molecule has 2 aromatic carbocycles. The largest absolute Gasteiger partial charge is 0.326 e. The number of nitrogens with one attached hydrogen (secondary N) is 2. The van der Waals surface area contributed by atoms with Gasteiger partial charge in [0.05, 0.1) is 5.69 Å². The van der Waals surface area contributed by atoms with E-state index in [0.717, 1.165) is 5.69 Å². The Bertz CT molecular complexity index is 901. The van der Waals surface area contributed by atoms with Gasteiger partial charge in [-0.3, -0.25) is 9.59 Å². The zero-order valence-corrected chi connectivity index (χ0v) is 15.2. The molecule has 7 nitrogen and oxygen atoms in total. The quantitative estimate of drug-likeness (QED) is 0.701. The molecule has 0 aliphatic rings. The molecular formula is C20H21N5O2. The van der Waals surface area contributed by atoms with Crippen molar-refractivity contribution in [2.45, 2.75) is 20.3 Å². The van der Waals surface area contributed by atoms with Crippen LogP contribution in [0.4, 0.5) is 11.4 Å². The molecule has 1 heterocycles. The topological polar surface area (TPSA) is 88.9 Å². The van der Waals surface area contributed by atoms with E-state index in [4.69, 9.17) is 0 Å². The van der Waals surface area contributed by atoms with E-state index in [1.165, 1.54) is 6.33 Å². The average molecular weight is 363 g/mol. The summed E-state index contributed by atoms with van der Waals surface area (Å²) in [6.45, 7) is 3.99. The van der Waals surface area contributed by atoms with Gasteiger partial charge in [-0.1, -0.05) is 13.8 Å². The zero-order chi connectivity index (χ0) is 19.2. The number of amides is 2. The highest BCUT2D eigenvalue weighted by Gasteiger charge is 2.08. The van der Waals surface area contributed by atoms with E-state index in [0.29, 0.717) is 29.3 Å². The molecule has 0 unspecified atom stereocenters. The van der Waals surface area contributed by atoms with E-state index in [2.05, 4.69) is 20.7 Å². The average Bonchev–Trinajstić information content (AvgIpc) is 3.17. The van der Waals surface area contributed by atoms with Crippen LogP contribution in [0.2, 0.25) is 0 Å². The standard InChI is InChI=1S/C20H21N5O2/c1-14(2)11-19(26)23-16-5-7-17(8-6-16)24-20(27)15-3-9-18(10-4-15)25-13-21-12-22-25/h3-10,12-14H,11H2,1-2H3,(H,23,26)(H,24,27). The van der Waals surface area contributed by atoms with Crippen molar-refractivity contribution in [3.8, 4) is 5.69 Å². The number of hydrogen-bond donors (Lipinski definition) is 2. The predicted octanol–water partition coefficient (Wildman–Crippen LogP) is 3.50. The van der Waals surface area contributed by atoms with Crippen molar-refractivity contribution in [3.63, 3.8) is 0 Å². The lowest BCUT2D eigenvalue weighted by Gasteiger charge is -2.09. The molecule has 7 heteroatoms. The van der Waals surface area contributed by atoms with Crippen LogP contribution < -0.4 is 10.6 Å². The van der Waals surface area contributed by atoms with Crippen molar-refractivity contribution in [1.29, 1.82) is 0 Å². The fourth-order valence-corrected chi connectivity index (χ4v) is 2.53. The lowest BCUT2D eigenvalue weighted by atomic mass is 10.1. The lowest BCUT2D eigenvalue weighted by molar-refractivity contribution is -0.116. The molecule has 0 fully saturated rings. The second kappa shape index (κ2) is 8.27. The molecule has 0 saturated heterocycles. The van der Waals surface area contributed by atoms with Crippen molar-refractivity contribution < 1.29 is 9.59 Å². The first-order valence-corrected chi connectivity index (χ1v) is 8.67. The molecule has 0 aliphatic carbocycles. The SMILES string of the molecule is CC(C)CC(=O)Nc1ccc(NC(=O)c2ccc(-n3cncn3)cc2)cc1. The summed E-state index contributed by atoms with van der Waals surface area (Å²) in [6, 6.07) is 14.1. The molecule has 2 amide bonds. The highest BCUT2D eigenvalue weighted by molar-refractivity contribution is 6.04. The number of rotatable bonds is 6. The van der Waals surface area contributed by atoms with Crippen LogP contribution in [-0.2, 0) is 4.79 Å². The summed E-state index contributed by atoms with van der Waals surface area (Å²) in [5.74, 6) is 0.0745. The van der Waals surface area contributed by atoms with Crippen LogP contribution in [0.15, 0.2) is 61.2 Å². The molecule has 0 radical (unpaired) electrons. The normalized spacial score (nSPS) is 10.6. The number of carbonyl (C=O) groups is 2. The van der Waals surface area contributed by atoms with E-state index < -0.39 is 0 Å². The number of anilines is 2. The van der Waals surface area contributed by atoms with Gasteiger partial charge in [0.2, 0.25) is 5.91 Å². The number of nitrogens with zero attached hydrogens (tertiary/aromatic N) is 3. The molecule has 0 aliphatic heterocycles. The van der Waals surface area contributed by atoms with E-state index in [9.17, 15) is 9.59 Å². The van der Waals surface area contributed by atoms with Gasteiger partial charge in [-0.05, 0) is 54.4 Å². The van der Waals surface area contributed by atoms with Crippen LogP contribution in [0.3, 0.4) is 0 Å². The minimum atomic E-state index is -0.211. The minimum Gasteiger partial charge on any atom is -0.326 e. The summed E-state index contributed by atoms with van der Waals surface area (Å²) in [5, 5.41) is 9.73. The maximum absolute atomic E-state index is 12.4. The molecule has 1 aromatic heterocycles. The summed E-state index contributed by atoms with van der Waals surface area (Å²) in [6.07, 6.45) is 3.52. The molecule has 0 spiro atoms. The van der Waals surface area contributed by atoms with Gasteiger partial charge in [0.1, 0.15) is 12.7 Å². The summed E-state index contributed by atoms with van der Waals surface area (Å²) in [4.78, 5) is 28.1. The number of hydrogen-bond acceptors (Lipinski definition) is 4. The molecule has 3 rings (SSSR count). The van der Waals surface area contributed by atoms with Crippen LogP contribution in [-0.4, -0.2) is 26.6 Å². The Kier molecular flexibility index (Phi) is 5.61. The minimum absolute atomic E-state index is 0.0192. The van der Waals surface area contributed by atoms with E-state index in [1.807, 2.05) is 13.8 Å². The Hall–Kier alpha value is -3.48. The van der Waals surface area contributed by atoms with Gasteiger partial charge in [-0.2, -0.15) is 5.10 Å². The first-order valence-electron chi connectivity index (χ1n) is 8.67. The highest BCUT2D eigenvalue weighted by Crippen LogP contribution is 2.16. The summed E-state index contributed by atoms with van der Waals surface area (Å²) in [7, 11) is 0. The monoisotopic (exact) mass is 363 g/mol. The lowest BCUT2D eigenvalue weighted by Crippen LogP contribution is -2.14. The van der Waals surface area contributed by atoms with Gasteiger partial charge in [0.15, 0.2) is 0 Å². The van der Waals surface area contributed by atoms with Gasteiger partial charge >= 0.3 is 0 Å². The molecule has 2 N–H and O–H groups in total. The second-order valence-corrected chi connectivity index (χ2v) is 6.56. The van der Waals surface area contributed by atoms with E-state index in [1.54, 1.807) is 59.5 Å². The fourth-order valence-electron chi connectivity index (χ4n) is 2.53. The second-order valence-electron chi connectivity index (χ2n) is 6.56. The Morgan fingerprint density at radius 1 is 0.963 bits per heavy atom. The zero-order valence-electron chi connectivity index (χ0n) is 15.2.